The van der Waals surface area contributed by atoms with Crippen LogP contribution in [0.15, 0.2) is 4.99 Å². The predicted molar refractivity (Wildman–Crippen MR) is 107 cm³/mol. The second-order valence-electron chi connectivity index (χ2n) is 7.25. The Morgan fingerprint density at radius 1 is 1.19 bits per heavy atom. The van der Waals surface area contributed by atoms with E-state index in [1.807, 2.05) is 0 Å². The molecule has 0 radical (unpaired) electrons. The molecule has 2 rings (SSSR count). The van der Waals surface area contributed by atoms with Crippen LogP contribution in [-0.2, 0) is 9.47 Å². The Morgan fingerprint density at radius 3 is 2.92 bits per heavy atom. The molecule has 0 spiro atoms. The molecule has 152 valence electrons. The van der Waals surface area contributed by atoms with Crippen molar-refractivity contribution in [2.75, 3.05) is 79.2 Å². The van der Waals surface area contributed by atoms with Gasteiger partial charge in [-0.2, -0.15) is 0 Å². The first kappa shape index (κ1) is 21.4. The van der Waals surface area contributed by atoms with Gasteiger partial charge in [0.1, 0.15) is 0 Å². The lowest BCUT2D eigenvalue weighted by Crippen LogP contribution is -2.42. The van der Waals surface area contributed by atoms with Crippen molar-refractivity contribution in [2.45, 2.75) is 38.7 Å². The second kappa shape index (κ2) is 13.3. The Hall–Kier alpha value is -0.890. The zero-order chi connectivity index (χ0) is 18.5. The van der Waals surface area contributed by atoms with Gasteiger partial charge < -0.3 is 29.9 Å². The third-order valence-electron chi connectivity index (χ3n) is 4.92. The standard InChI is InChI=1S/C19H39N5O2/c1-3-20-19(21-8-5-15-25-17-18-7-4-16-26-18)22-9-12-24-11-6-10-23(2)13-14-24/h18H,3-17H2,1-2H3,(H2,20,21,22). The Balaban J connectivity index is 1.55. The lowest BCUT2D eigenvalue weighted by atomic mass is 10.2. The summed E-state index contributed by atoms with van der Waals surface area (Å²) in [6.45, 7) is 12.9. The molecule has 1 unspecified atom stereocenters. The first-order chi connectivity index (χ1) is 12.8. The van der Waals surface area contributed by atoms with Gasteiger partial charge in [0.2, 0.25) is 0 Å². The molecule has 0 aliphatic carbocycles. The molecule has 2 fully saturated rings. The average molecular weight is 370 g/mol. The molecular weight excluding hydrogens is 330 g/mol. The third kappa shape index (κ3) is 9.16. The quantitative estimate of drug-likeness (QED) is 0.337. The van der Waals surface area contributed by atoms with E-state index in [9.17, 15) is 0 Å². The number of ether oxygens (including phenoxy) is 2. The number of hydrogen-bond donors (Lipinski definition) is 2. The van der Waals surface area contributed by atoms with Crippen molar-refractivity contribution in [1.82, 2.24) is 20.4 Å². The van der Waals surface area contributed by atoms with Gasteiger partial charge in [-0.25, -0.2) is 0 Å². The van der Waals surface area contributed by atoms with Crippen LogP contribution in [0.2, 0.25) is 0 Å². The van der Waals surface area contributed by atoms with Gasteiger partial charge in [0.15, 0.2) is 5.96 Å². The Bertz CT molecular complexity index is 388. The van der Waals surface area contributed by atoms with Crippen LogP contribution in [0.5, 0.6) is 0 Å². The fraction of sp³-hybridized carbons (Fsp3) is 0.947. The van der Waals surface area contributed by atoms with Crippen molar-refractivity contribution < 1.29 is 9.47 Å². The third-order valence-corrected chi connectivity index (χ3v) is 4.92. The van der Waals surface area contributed by atoms with Gasteiger partial charge in [-0.15, -0.1) is 0 Å². The molecule has 0 amide bonds. The summed E-state index contributed by atoms with van der Waals surface area (Å²) in [4.78, 5) is 9.61. The van der Waals surface area contributed by atoms with E-state index < -0.39 is 0 Å². The molecule has 2 heterocycles. The summed E-state index contributed by atoms with van der Waals surface area (Å²) < 4.78 is 11.3. The van der Waals surface area contributed by atoms with E-state index >= 15 is 0 Å². The highest BCUT2D eigenvalue weighted by atomic mass is 16.5. The average Bonchev–Trinajstić information content (AvgIpc) is 3.07. The SMILES string of the molecule is CCNC(=NCCCOCC1CCCO1)NCCN1CCCN(C)CC1. The number of nitrogens with one attached hydrogen (secondary N) is 2. The van der Waals surface area contributed by atoms with Gasteiger partial charge >= 0.3 is 0 Å². The number of nitrogens with zero attached hydrogens (tertiary/aromatic N) is 3. The highest BCUT2D eigenvalue weighted by molar-refractivity contribution is 5.79. The maximum Gasteiger partial charge on any atom is 0.191 e. The van der Waals surface area contributed by atoms with Gasteiger partial charge in [0, 0.05) is 52.5 Å². The highest BCUT2D eigenvalue weighted by Gasteiger charge is 2.15. The molecule has 0 aromatic rings. The molecular formula is C19H39N5O2. The fourth-order valence-electron chi connectivity index (χ4n) is 3.35. The largest absolute Gasteiger partial charge is 0.379 e. The summed E-state index contributed by atoms with van der Waals surface area (Å²) >= 11 is 0. The zero-order valence-electron chi connectivity index (χ0n) is 16.8. The summed E-state index contributed by atoms with van der Waals surface area (Å²) in [6.07, 6.45) is 4.83. The lowest BCUT2D eigenvalue weighted by Gasteiger charge is -2.21. The van der Waals surface area contributed by atoms with E-state index in [0.29, 0.717) is 6.10 Å². The summed E-state index contributed by atoms with van der Waals surface area (Å²) in [5, 5.41) is 6.78. The molecule has 1 atom stereocenters. The van der Waals surface area contributed by atoms with E-state index in [-0.39, 0.29) is 0 Å². The van der Waals surface area contributed by atoms with Crippen molar-refractivity contribution in [1.29, 1.82) is 0 Å². The monoisotopic (exact) mass is 369 g/mol. The minimum Gasteiger partial charge on any atom is -0.379 e. The second-order valence-corrected chi connectivity index (χ2v) is 7.25. The number of guanidine groups is 1. The topological polar surface area (TPSA) is 61.4 Å². The molecule has 0 aromatic carbocycles. The van der Waals surface area contributed by atoms with Crippen molar-refractivity contribution >= 4 is 5.96 Å². The molecule has 2 saturated heterocycles. The van der Waals surface area contributed by atoms with Crippen LogP contribution in [0.3, 0.4) is 0 Å². The number of aliphatic imine (C=N–C) groups is 1. The molecule has 0 aromatic heterocycles. The van der Waals surface area contributed by atoms with Crippen LogP contribution in [0.25, 0.3) is 0 Å². The Labute approximate surface area is 159 Å². The van der Waals surface area contributed by atoms with Crippen LogP contribution < -0.4 is 10.6 Å². The Kier molecular flexibility index (Phi) is 11.0. The number of likely N-dealkylation sites (N-methyl/N-ethyl adjacent to an activating group) is 1. The van der Waals surface area contributed by atoms with Crippen molar-refractivity contribution in [3.63, 3.8) is 0 Å². The van der Waals surface area contributed by atoms with Gasteiger partial charge in [-0.05, 0) is 52.7 Å². The van der Waals surface area contributed by atoms with Crippen molar-refractivity contribution in [3.8, 4) is 0 Å². The van der Waals surface area contributed by atoms with E-state index in [0.717, 1.165) is 71.3 Å². The molecule has 7 heteroatoms. The number of hydrogen-bond acceptors (Lipinski definition) is 5. The van der Waals surface area contributed by atoms with Gasteiger partial charge in [0.25, 0.3) is 0 Å². The first-order valence-electron chi connectivity index (χ1n) is 10.4. The minimum atomic E-state index is 0.316. The Morgan fingerprint density at radius 2 is 2.12 bits per heavy atom. The maximum atomic E-state index is 5.69. The summed E-state index contributed by atoms with van der Waals surface area (Å²) in [5.74, 6) is 0.915. The normalized spacial score (nSPS) is 23.2. The van der Waals surface area contributed by atoms with Gasteiger partial charge in [-0.1, -0.05) is 0 Å². The zero-order valence-corrected chi connectivity index (χ0v) is 16.8. The summed E-state index contributed by atoms with van der Waals surface area (Å²) in [7, 11) is 2.21. The van der Waals surface area contributed by atoms with Crippen LogP contribution in [0.1, 0.15) is 32.6 Å². The van der Waals surface area contributed by atoms with E-state index in [4.69, 9.17) is 9.47 Å². The summed E-state index contributed by atoms with van der Waals surface area (Å²) in [6, 6.07) is 0. The van der Waals surface area contributed by atoms with Crippen molar-refractivity contribution in [2.24, 2.45) is 4.99 Å². The first-order valence-corrected chi connectivity index (χ1v) is 10.4. The van der Waals surface area contributed by atoms with Crippen LogP contribution >= 0.6 is 0 Å². The van der Waals surface area contributed by atoms with E-state index in [2.05, 4.69) is 39.4 Å². The molecule has 0 bridgehead atoms. The summed E-state index contributed by atoms with van der Waals surface area (Å²) in [5.41, 5.74) is 0. The highest BCUT2D eigenvalue weighted by Crippen LogP contribution is 2.11. The van der Waals surface area contributed by atoms with Crippen molar-refractivity contribution in [3.05, 3.63) is 0 Å². The van der Waals surface area contributed by atoms with E-state index in [1.54, 1.807) is 0 Å². The minimum absolute atomic E-state index is 0.316. The lowest BCUT2D eigenvalue weighted by molar-refractivity contribution is 0.0171. The molecule has 26 heavy (non-hydrogen) atoms. The molecule has 2 aliphatic heterocycles. The van der Waals surface area contributed by atoms with E-state index in [1.165, 1.54) is 32.5 Å². The van der Waals surface area contributed by atoms with Crippen LogP contribution in [0.4, 0.5) is 0 Å². The smallest absolute Gasteiger partial charge is 0.191 e. The van der Waals surface area contributed by atoms with Gasteiger partial charge in [-0.3, -0.25) is 4.99 Å². The molecule has 0 saturated carbocycles. The van der Waals surface area contributed by atoms with Gasteiger partial charge in [0.05, 0.1) is 12.7 Å². The number of rotatable bonds is 10. The predicted octanol–water partition coefficient (Wildman–Crippen LogP) is 0.765. The maximum absolute atomic E-state index is 5.69. The van der Waals surface area contributed by atoms with Crippen LogP contribution in [0, 0.1) is 0 Å². The fourth-order valence-corrected chi connectivity index (χ4v) is 3.35. The van der Waals surface area contributed by atoms with Crippen LogP contribution in [-0.4, -0.2) is 101 Å². The molecule has 2 N–H and O–H groups in total. The molecule has 7 nitrogen and oxygen atoms in total. The molecule has 2 aliphatic rings.